The number of rotatable bonds is 3. The molecule has 0 aliphatic carbocycles. The van der Waals surface area contributed by atoms with E-state index in [4.69, 9.17) is 0 Å². The highest BCUT2D eigenvalue weighted by Gasteiger charge is 2.21. The Morgan fingerprint density at radius 2 is 2.11 bits per heavy atom. The van der Waals surface area contributed by atoms with Crippen LogP contribution in [-0.2, 0) is 16.1 Å². The van der Waals surface area contributed by atoms with E-state index < -0.39 is 11.6 Å². The lowest BCUT2D eigenvalue weighted by molar-refractivity contribution is -0.132. The molecule has 18 heavy (non-hydrogen) atoms. The van der Waals surface area contributed by atoms with E-state index >= 15 is 0 Å². The zero-order valence-corrected chi connectivity index (χ0v) is 9.40. The van der Waals surface area contributed by atoms with Gasteiger partial charge < -0.3 is 0 Å². The molecular formula is C12H10F2N2O2. The van der Waals surface area contributed by atoms with Gasteiger partial charge in [0.15, 0.2) is 6.29 Å². The van der Waals surface area contributed by atoms with Gasteiger partial charge in [0, 0.05) is 24.5 Å². The minimum Gasteiger partial charge on any atom is -0.296 e. The number of nitrogens with zero attached hydrogens (tertiary/aromatic N) is 2. The molecule has 0 unspecified atom stereocenters. The number of amides is 1. The molecule has 0 spiro atoms. The monoisotopic (exact) mass is 252 g/mol. The second-order valence-electron chi connectivity index (χ2n) is 3.90. The smallest absolute Gasteiger partial charge is 0.243 e. The first-order chi connectivity index (χ1) is 8.60. The van der Waals surface area contributed by atoms with Crippen LogP contribution in [0.5, 0.6) is 0 Å². The third-order valence-corrected chi connectivity index (χ3v) is 2.60. The Hall–Kier alpha value is -2.11. The van der Waals surface area contributed by atoms with E-state index in [-0.39, 0.29) is 30.1 Å². The molecule has 0 saturated heterocycles. The summed E-state index contributed by atoms with van der Waals surface area (Å²) in [6.45, 7) is -0.109. The second kappa shape index (κ2) is 5.03. The van der Waals surface area contributed by atoms with Crippen LogP contribution in [0, 0.1) is 11.6 Å². The van der Waals surface area contributed by atoms with E-state index in [1.54, 1.807) is 0 Å². The Morgan fingerprint density at radius 1 is 1.33 bits per heavy atom. The normalized spacial score (nSPS) is 15.6. The Kier molecular flexibility index (Phi) is 3.45. The lowest BCUT2D eigenvalue weighted by Gasteiger charge is -2.21. The number of halogens is 2. The number of hydrogen-bond acceptors (Lipinski definition) is 3. The molecule has 1 aliphatic heterocycles. The van der Waals surface area contributed by atoms with Gasteiger partial charge in [-0.1, -0.05) is 6.07 Å². The molecule has 1 heterocycles. The summed E-state index contributed by atoms with van der Waals surface area (Å²) in [5, 5.41) is 4.84. The molecule has 1 aromatic carbocycles. The van der Waals surface area contributed by atoms with Crippen LogP contribution >= 0.6 is 0 Å². The van der Waals surface area contributed by atoms with Crippen molar-refractivity contribution in [2.75, 3.05) is 0 Å². The molecule has 1 aromatic rings. The highest BCUT2D eigenvalue weighted by molar-refractivity contribution is 6.29. The predicted molar refractivity (Wildman–Crippen MR) is 59.6 cm³/mol. The minimum absolute atomic E-state index is 0.109. The summed E-state index contributed by atoms with van der Waals surface area (Å²) in [6.07, 6.45) is 1.03. The second-order valence-corrected chi connectivity index (χ2v) is 3.90. The molecule has 0 bridgehead atoms. The standard InChI is InChI=1S/C12H10F2N2O2/c13-9-2-1-8(11(14)5-9)6-16-12(18)4-3-10(7-17)15-16/h1-2,5,7H,3-4,6H2. The number of carbonyl (C=O) groups excluding carboxylic acids is 2. The quantitative estimate of drug-likeness (QED) is 0.768. The highest BCUT2D eigenvalue weighted by Crippen LogP contribution is 2.16. The van der Waals surface area contributed by atoms with Gasteiger partial charge in [-0.25, -0.2) is 13.8 Å². The minimum atomic E-state index is -0.740. The summed E-state index contributed by atoms with van der Waals surface area (Å²) < 4.78 is 26.1. The van der Waals surface area contributed by atoms with Crippen molar-refractivity contribution in [1.29, 1.82) is 0 Å². The molecule has 1 amide bonds. The Balaban J connectivity index is 2.22. The number of carbonyl (C=O) groups is 2. The van der Waals surface area contributed by atoms with Crippen molar-refractivity contribution in [3.8, 4) is 0 Å². The van der Waals surface area contributed by atoms with Gasteiger partial charge in [0.2, 0.25) is 5.91 Å². The molecule has 1 aliphatic rings. The van der Waals surface area contributed by atoms with Crippen molar-refractivity contribution in [2.45, 2.75) is 19.4 Å². The first kappa shape index (κ1) is 12.3. The topological polar surface area (TPSA) is 49.7 Å². The number of benzene rings is 1. The molecule has 0 radical (unpaired) electrons. The molecule has 6 heteroatoms. The Labute approximate surface area is 102 Å². The van der Waals surface area contributed by atoms with Crippen LogP contribution in [0.2, 0.25) is 0 Å². The summed E-state index contributed by atoms with van der Waals surface area (Å²) in [5.74, 6) is -1.71. The van der Waals surface area contributed by atoms with Crippen LogP contribution < -0.4 is 0 Å². The largest absolute Gasteiger partial charge is 0.296 e. The van der Waals surface area contributed by atoms with Crippen molar-refractivity contribution < 1.29 is 18.4 Å². The third-order valence-electron chi connectivity index (χ3n) is 2.60. The maximum absolute atomic E-state index is 13.4. The fraction of sp³-hybridized carbons (Fsp3) is 0.250. The number of aldehydes is 1. The maximum atomic E-state index is 13.4. The van der Waals surface area contributed by atoms with Gasteiger partial charge in [-0.2, -0.15) is 5.10 Å². The van der Waals surface area contributed by atoms with Gasteiger partial charge in [-0.3, -0.25) is 9.59 Å². The highest BCUT2D eigenvalue weighted by atomic mass is 19.1. The molecule has 0 N–H and O–H groups in total. The lowest BCUT2D eigenvalue weighted by Crippen LogP contribution is -2.31. The summed E-state index contributed by atoms with van der Waals surface area (Å²) >= 11 is 0. The van der Waals surface area contributed by atoms with Crippen LogP contribution in [0.3, 0.4) is 0 Å². The Bertz CT molecular complexity index is 529. The van der Waals surface area contributed by atoms with E-state index in [0.717, 1.165) is 17.1 Å². The number of hydrogen-bond donors (Lipinski definition) is 0. The van der Waals surface area contributed by atoms with Crippen molar-refractivity contribution >= 4 is 17.9 Å². The third kappa shape index (κ3) is 2.58. The van der Waals surface area contributed by atoms with Crippen molar-refractivity contribution in [3.05, 3.63) is 35.4 Å². The molecule has 0 saturated carbocycles. The summed E-state index contributed by atoms with van der Waals surface area (Å²) in [6, 6.07) is 3.11. The van der Waals surface area contributed by atoms with Gasteiger partial charge in [0.25, 0.3) is 0 Å². The molecule has 4 nitrogen and oxygen atoms in total. The van der Waals surface area contributed by atoms with E-state index in [1.165, 1.54) is 6.07 Å². The van der Waals surface area contributed by atoms with Gasteiger partial charge in [-0.15, -0.1) is 0 Å². The predicted octanol–water partition coefficient (Wildman–Crippen LogP) is 1.64. The average Bonchev–Trinajstić information content (AvgIpc) is 2.35. The van der Waals surface area contributed by atoms with Crippen molar-refractivity contribution in [1.82, 2.24) is 5.01 Å². The van der Waals surface area contributed by atoms with Gasteiger partial charge in [-0.05, 0) is 6.07 Å². The van der Waals surface area contributed by atoms with Gasteiger partial charge >= 0.3 is 0 Å². The molecule has 94 valence electrons. The first-order valence-corrected chi connectivity index (χ1v) is 5.37. The maximum Gasteiger partial charge on any atom is 0.243 e. The van der Waals surface area contributed by atoms with Crippen LogP contribution in [0.4, 0.5) is 8.78 Å². The van der Waals surface area contributed by atoms with Crippen LogP contribution in [0.15, 0.2) is 23.3 Å². The van der Waals surface area contributed by atoms with Gasteiger partial charge in [0.1, 0.15) is 17.3 Å². The Morgan fingerprint density at radius 3 is 2.78 bits per heavy atom. The van der Waals surface area contributed by atoms with Gasteiger partial charge in [0.05, 0.1) is 6.54 Å². The fourth-order valence-electron chi connectivity index (χ4n) is 1.64. The molecule has 0 atom stereocenters. The molecule has 2 rings (SSSR count). The van der Waals surface area contributed by atoms with Crippen LogP contribution in [-0.4, -0.2) is 22.9 Å². The zero-order chi connectivity index (χ0) is 13.1. The molecule has 0 aromatic heterocycles. The average molecular weight is 252 g/mol. The number of hydrazone groups is 1. The lowest BCUT2D eigenvalue weighted by atomic mass is 10.1. The van der Waals surface area contributed by atoms with Crippen molar-refractivity contribution in [2.24, 2.45) is 5.10 Å². The van der Waals surface area contributed by atoms with Crippen molar-refractivity contribution in [3.63, 3.8) is 0 Å². The van der Waals surface area contributed by atoms with E-state index in [2.05, 4.69) is 5.10 Å². The van der Waals surface area contributed by atoms with Crippen LogP contribution in [0.25, 0.3) is 0 Å². The van der Waals surface area contributed by atoms with Crippen LogP contribution in [0.1, 0.15) is 18.4 Å². The molecule has 0 fully saturated rings. The zero-order valence-electron chi connectivity index (χ0n) is 9.40. The summed E-state index contributed by atoms with van der Waals surface area (Å²) in [7, 11) is 0. The molecular weight excluding hydrogens is 242 g/mol. The fourth-order valence-corrected chi connectivity index (χ4v) is 1.64. The first-order valence-electron chi connectivity index (χ1n) is 5.37. The van der Waals surface area contributed by atoms with E-state index in [0.29, 0.717) is 12.7 Å². The summed E-state index contributed by atoms with van der Waals surface area (Å²) in [5.41, 5.74) is 0.401. The van der Waals surface area contributed by atoms with E-state index in [9.17, 15) is 18.4 Å². The SMILES string of the molecule is O=CC1=NN(Cc2ccc(F)cc2F)C(=O)CC1. The summed E-state index contributed by atoms with van der Waals surface area (Å²) in [4.78, 5) is 22.1. The van der Waals surface area contributed by atoms with E-state index in [1.807, 2.05) is 0 Å².